The molecular weight excluding hydrogens is 282 g/mol. The Bertz CT molecular complexity index is 441. The van der Waals surface area contributed by atoms with E-state index in [9.17, 15) is 4.79 Å². The van der Waals surface area contributed by atoms with Crippen LogP contribution in [0.5, 0.6) is 0 Å². The van der Waals surface area contributed by atoms with Gasteiger partial charge in [0, 0.05) is 22.3 Å². The summed E-state index contributed by atoms with van der Waals surface area (Å²) in [5, 5.41) is 3.25. The molecule has 0 saturated carbocycles. The van der Waals surface area contributed by atoms with Crippen LogP contribution in [0.25, 0.3) is 0 Å². The Hall–Kier alpha value is -1.29. The molecule has 1 rings (SSSR count). The normalized spacial score (nSPS) is 11.2. The van der Waals surface area contributed by atoms with Crippen LogP contribution in [0, 0.1) is 6.92 Å². The largest absolute Gasteiger partial charge is 0.466 e. The predicted octanol–water partition coefficient (Wildman–Crippen LogP) is 3.29. The topological polar surface area (TPSA) is 38.3 Å². The monoisotopic (exact) mass is 297 g/mol. The van der Waals surface area contributed by atoms with Crippen LogP contribution in [0.3, 0.4) is 0 Å². The number of ether oxygens (including phenoxy) is 1. The molecule has 92 valence electrons. The van der Waals surface area contributed by atoms with E-state index in [2.05, 4.69) is 26.0 Å². The third-order valence-electron chi connectivity index (χ3n) is 2.40. The first-order chi connectivity index (χ1) is 8.04. The summed E-state index contributed by atoms with van der Waals surface area (Å²) in [7, 11) is 1.38. The maximum absolute atomic E-state index is 11.1. The lowest BCUT2D eigenvalue weighted by atomic mass is 10.2. The fourth-order valence-electron chi connectivity index (χ4n) is 1.38. The zero-order valence-corrected chi connectivity index (χ0v) is 11.8. The summed E-state index contributed by atoms with van der Waals surface area (Å²) in [6.45, 7) is 4.37. The molecule has 0 spiro atoms. The molecule has 0 aliphatic carbocycles. The summed E-state index contributed by atoms with van der Waals surface area (Å²) >= 11 is 3.42. The summed E-state index contributed by atoms with van der Waals surface area (Å²) in [5.41, 5.74) is 2.82. The van der Waals surface area contributed by atoms with Crippen molar-refractivity contribution in [1.29, 1.82) is 0 Å². The summed E-state index contributed by atoms with van der Waals surface area (Å²) in [4.78, 5) is 11.1. The molecule has 4 heteroatoms. The van der Waals surface area contributed by atoms with Crippen molar-refractivity contribution >= 4 is 27.6 Å². The lowest BCUT2D eigenvalue weighted by molar-refractivity contribution is -0.136. The number of hydrogen-bond donors (Lipinski definition) is 1. The first kappa shape index (κ1) is 13.8. The van der Waals surface area contributed by atoms with Crippen LogP contribution in [-0.2, 0) is 9.53 Å². The Balaban J connectivity index is 2.59. The second-order valence-corrected chi connectivity index (χ2v) is 4.63. The standard InChI is InChI=1S/C13H16BrNO2/c1-9(13(16)17-3)6-7-15-12-5-4-11(14)8-10(12)2/h4-6,8,15H,7H2,1-3H3/b9-6+. The van der Waals surface area contributed by atoms with Crippen molar-refractivity contribution < 1.29 is 9.53 Å². The number of hydrogen-bond acceptors (Lipinski definition) is 3. The molecule has 1 aromatic carbocycles. The van der Waals surface area contributed by atoms with Crippen LogP contribution in [-0.4, -0.2) is 19.6 Å². The van der Waals surface area contributed by atoms with Crippen LogP contribution >= 0.6 is 15.9 Å². The van der Waals surface area contributed by atoms with E-state index >= 15 is 0 Å². The molecule has 0 aliphatic rings. The molecule has 0 bridgehead atoms. The predicted molar refractivity (Wildman–Crippen MR) is 73.1 cm³/mol. The molecule has 0 aliphatic heterocycles. The van der Waals surface area contributed by atoms with Gasteiger partial charge in [-0.05, 0) is 37.6 Å². The quantitative estimate of drug-likeness (QED) is 0.685. The maximum atomic E-state index is 11.1. The van der Waals surface area contributed by atoms with Crippen molar-refractivity contribution in [3.8, 4) is 0 Å². The van der Waals surface area contributed by atoms with Gasteiger partial charge < -0.3 is 10.1 Å². The number of esters is 1. The molecule has 0 saturated heterocycles. The summed E-state index contributed by atoms with van der Waals surface area (Å²) in [6.07, 6.45) is 1.81. The van der Waals surface area contributed by atoms with Gasteiger partial charge >= 0.3 is 5.97 Å². The van der Waals surface area contributed by atoms with E-state index in [1.165, 1.54) is 7.11 Å². The van der Waals surface area contributed by atoms with Crippen molar-refractivity contribution in [1.82, 2.24) is 0 Å². The molecule has 1 aromatic rings. The number of nitrogens with one attached hydrogen (secondary N) is 1. The van der Waals surface area contributed by atoms with Crippen LogP contribution in [0.4, 0.5) is 5.69 Å². The van der Waals surface area contributed by atoms with Gasteiger partial charge in [0.1, 0.15) is 0 Å². The van der Waals surface area contributed by atoms with Gasteiger partial charge in [0.2, 0.25) is 0 Å². The van der Waals surface area contributed by atoms with Crippen LogP contribution in [0.15, 0.2) is 34.3 Å². The Labute approximate surface area is 110 Å². The molecular formula is C13H16BrNO2. The van der Waals surface area contributed by atoms with Gasteiger partial charge in [0.25, 0.3) is 0 Å². The van der Waals surface area contributed by atoms with Crippen LogP contribution in [0.1, 0.15) is 12.5 Å². The van der Waals surface area contributed by atoms with Gasteiger partial charge in [-0.2, -0.15) is 0 Å². The molecule has 0 amide bonds. The smallest absolute Gasteiger partial charge is 0.333 e. The van der Waals surface area contributed by atoms with Crippen molar-refractivity contribution in [3.05, 3.63) is 39.9 Å². The number of aryl methyl sites for hydroxylation is 1. The number of benzene rings is 1. The third kappa shape index (κ3) is 4.23. The van der Waals surface area contributed by atoms with Crippen molar-refractivity contribution in [2.24, 2.45) is 0 Å². The molecule has 0 aromatic heterocycles. The minimum atomic E-state index is -0.292. The average Bonchev–Trinajstić information content (AvgIpc) is 2.30. The number of anilines is 1. The van der Waals surface area contributed by atoms with E-state index in [1.54, 1.807) is 6.92 Å². The SMILES string of the molecule is COC(=O)/C(C)=C/CNc1ccc(Br)cc1C. The third-order valence-corrected chi connectivity index (χ3v) is 2.89. The van der Waals surface area contributed by atoms with E-state index < -0.39 is 0 Å². The highest BCUT2D eigenvalue weighted by Crippen LogP contribution is 2.19. The zero-order chi connectivity index (χ0) is 12.8. The van der Waals surface area contributed by atoms with E-state index in [4.69, 9.17) is 0 Å². The Morgan fingerprint density at radius 2 is 2.24 bits per heavy atom. The van der Waals surface area contributed by atoms with Crippen molar-refractivity contribution in [2.75, 3.05) is 19.0 Å². The molecule has 3 nitrogen and oxygen atoms in total. The fourth-order valence-corrected chi connectivity index (χ4v) is 1.86. The highest BCUT2D eigenvalue weighted by atomic mass is 79.9. The van der Waals surface area contributed by atoms with Crippen LogP contribution < -0.4 is 5.32 Å². The Morgan fingerprint density at radius 3 is 2.82 bits per heavy atom. The highest BCUT2D eigenvalue weighted by molar-refractivity contribution is 9.10. The molecule has 0 fully saturated rings. The number of carbonyl (C=O) groups is 1. The van der Waals surface area contributed by atoms with E-state index in [0.29, 0.717) is 12.1 Å². The molecule has 0 unspecified atom stereocenters. The number of methoxy groups -OCH3 is 1. The van der Waals surface area contributed by atoms with Gasteiger partial charge in [0.05, 0.1) is 7.11 Å². The summed E-state index contributed by atoms with van der Waals surface area (Å²) < 4.78 is 5.67. The highest BCUT2D eigenvalue weighted by Gasteiger charge is 2.02. The minimum Gasteiger partial charge on any atom is -0.466 e. The summed E-state index contributed by atoms with van der Waals surface area (Å²) in [5.74, 6) is -0.292. The van der Waals surface area contributed by atoms with Crippen LogP contribution in [0.2, 0.25) is 0 Å². The number of rotatable bonds is 4. The lowest BCUT2D eigenvalue weighted by Gasteiger charge is -2.08. The first-order valence-corrected chi connectivity index (χ1v) is 6.09. The molecule has 1 N–H and O–H groups in total. The molecule has 17 heavy (non-hydrogen) atoms. The molecule has 0 radical (unpaired) electrons. The van der Waals surface area contributed by atoms with Gasteiger partial charge in [-0.3, -0.25) is 0 Å². The Morgan fingerprint density at radius 1 is 1.53 bits per heavy atom. The van der Waals surface area contributed by atoms with E-state index in [-0.39, 0.29) is 5.97 Å². The van der Waals surface area contributed by atoms with Crippen molar-refractivity contribution in [3.63, 3.8) is 0 Å². The Kier molecular flexibility index (Phi) is 5.22. The molecule has 0 heterocycles. The van der Waals surface area contributed by atoms with Gasteiger partial charge in [-0.25, -0.2) is 4.79 Å². The number of halogens is 1. The number of carbonyl (C=O) groups excluding carboxylic acids is 1. The van der Waals surface area contributed by atoms with Gasteiger partial charge in [-0.1, -0.05) is 22.0 Å². The van der Waals surface area contributed by atoms with Crippen molar-refractivity contribution in [2.45, 2.75) is 13.8 Å². The van der Waals surface area contributed by atoms with E-state index in [0.717, 1.165) is 15.7 Å². The molecule has 0 atom stereocenters. The second kappa shape index (κ2) is 6.45. The fraction of sp³-hybridized carbons (Fsp3) is 0.308. The minimum absolute atomic E-state index is 0.292. The van der Waals surface area contributed by atoms with Gasteiger partial charge in [-0.15, -0.1) is 0 Å². The van der Waals surface area contributed by atoms with E-state index in [1.807, 2.05) is 31.2 Å². The zero-order valence-electron chi connectivity index (χ0n) is 10.2. The second-order valence-electron chi connectivity index (χ2n) is 3.72. The summed E-state index contributed by atoms with van der Waals surface area (Å²) in [6, 6.07) is 6.02. The average molecular weight is 298 g/mol. The first-order valence-electron chi connectivity index (χ1n) is 5.29. The van der Waals surface area contributed by atoms with Gasteiger partial charge in [0.15, 0.2) is 0 Å². The maximum Gasteiger partial charge on any atom is 0.333 e. The lowest BCUT2D eigenvalue weighted by Crippen LogP contribution is -2.06.